The van der Waals surface area contributed by atoms with E-state index in [1.807, 2.05) is 0 Å². The van der Waals surface area contributed by atoms with E-state index in [9.17, 15) is 13.2 Å². The molecule has 1 heterocycles. The van der Waals surface area contributed by atoms with Gasteiger partial charge in [-0.15, -0.1) is 24.8 Å². The molecule has 1 atom stereocenters. The first-order valence-electron chi connectivity index (χ1n) is 8.20. The van der Waals surface area contributed by atoms with Gasteiger partial charge in [0, 0.05) is 37.8 Å². The zero-order valence-corrected chi connectivity index (χ0v) is 15.8. The van der Waals surface area contributed by atoms with Crippen molar-refractivity contribution >= 4 is 24.8 Å². The molecule has 1 aliphatic carbocycles. The standard InChI is InChI=1S/C17H23F3N2O.2ClH/c1-23-15-11-13(17(18,19)20)5-6-14(15)16(12-3-2-4-12)22-9-7-21-8-10-22;;/h5-6,11-12,16,21H,2-4,7-10H2,1H3;2*1H/t16-;;/m1../s1. The van der Waals surface area contributed by atoms with Crippen LogP contribution in [0.5, 0.6) is 5.75 Å². The molecule has 1 N–H and O–H groups in total. The van der Waals surface area contributed by atoms with E-state index in [0.29, 0.717) is 11.7 Å². The number of hydrogen-bond donors (Lipinski definition) is 1. The maximum absolute atomic E-state index is 13.0. The lowest BCUT2D eigenvalue weighted by atomic mass is 9.76. The van der Waals surface area contributed by atoms with Crippen LogP contribution in [0.25, 0.3) is 0 Å². The van der Waals surface area contributed by atoms with Crippen molar-refractivity contribution in [3.63, 3.8) is 0 Å². The van der Waals surface area contributed by atoms with Crippen LogP contribution in [0, 0.1) is 5.92 Å². The normalized spacial score (nSPS) is 20.0. The lowest BCUT2D eigenvalue weighted by Crippen LogP contribution is -2.47. The van der Waals surface area contributed by atoms with Crippen molar-refractivity contribution in [1.29, 1.82) is 0 Å². The number of benzene rings is 1. The van der Waals surface area contributed by atoms with Crippen LogP contribution in [0.1, 0.15) is 36.4 Å². The van der Waals surface area contributed by atoms with E-state index in [4.69, 9.17) is 4.74 Å². The molecule has 2 fully saturated rings. The van der Waals surface area contributed by atoms with Crippen LogP contribution < -0.4 is 10.1 Å². The highest BCUT2D eigenvalue weighted by Crippen LogP contribution is 2.45. The SMILES string of the molecule is COc1cc(C(F)(F)F)ccc1[C@@H](C1CCC1)N1CCNCC1.Cl.Cl. The number of halogens is 5. The second kappa shape index (κ2) is 9.31. The summed E-state index contributed by atoms with van der Waals surface area (Å²) in [5, 5.41) is 3.33. The number of rotatable bonds is 4. The minimum Gasteiger partial charge on any atom is -0.496 e. The molecule has 0 amide bonds. The van der Waals surface area contributed by atoms with E-state index in [2.05, 4.69) is 10.2 Å². The second-order valence-corrected chi connectivity index (χ2v) is 6.38. The number of piperazine rings is 1. The number of ether oxygens (including phenoxy) is 1. The summed E-state index contributed by atoms with van der Waals surface area (Å²) in [6.45, 7) is 3.69. The van der Waals surface area contributed by atoms with Gasteiger partial charge in [0.05, 0.1) is 12.7 Å². The fourth-order valence-electron chi connectivity index (χ4n) is 3.60. The summed E-state index contributed by atoms with van der Waals surface area (Å²) < 4.78 is 44.2. The molecule has 144 valence electrons. The summed E-state index contributed by atoms with van der Waals surface area (Å²) in [4.78, 5) is 2.39. The molecule has 0 aromatic heterocycles. The highest BCUT2D eigenvalue weighted by molar-refractivity contribution is 5.85. The highest BCUT2D eigenvalue weighted by atomic mass is 35.5. The first kappa shape index (κ1) is 22.4. The van der Waals surface area contributed by atoms with Crippen molar-refractivity contribution in [1.82, 2.24) is 10.2 Å². The number of nitrogens with one attached hydrogen (secondary N) is 1. The second-order valence-electron chi connectivity index (χ2n) is 6.38. The Morgan fingerprint density at radius 1 is 1.16 bits per heavy atom. The molecule has 1 saturated heterocycles. The van der Waals surface area contributed by atoms with E-state index in [1.54, 1.807) is 6.07 Å². The monoisotopic (exact) mass is 400 g/mol. The third-order valence-corrected chi connectivity index (χ3v) is 5.02. The minimum absolute atomic E-state index is 0. The van der Waals surface area contributed by atoms with Crippen LogP contribution in [0.15, 0.2) is 18.2 Å². The van der Waals surface area contributed by atoms with Crippen molar-refractivity contribution in [2.75, 3.05) is 33.3 Å². The molecular formula is C17H25Cl2F3N2O. The quantitative estimate of drug-likeness (QED) is 0.814. The third kappa shape index (κ3) is 4.94. The summed E-state index contributed by atoms with van der Waals surface area (Å²) in [7, 11) is 1.45. The van der Waals surface area contributed by atoms with Crippen molar-refractivity contribution in [2.45, 2.75) is 31.5 Å². The van der Waals surface area contributed by atoms with Gasteiger partial charge >= 0.3 is 6.18 Å². The van der Waals surface area contributed by atoms with E-state index >= 15 is 0 Å². The molecule has 3 rings (SSSR count). The summed E-state index contributed by atoms with van der Waals surface area (Å²) in [5.74, 6) is 0.869. The molecule has 8 heteroatoms. The van der Waals surface area contributed by atoms with Gasteiger partial charge in [-0.25, -0.2) is 0 Å². The Morgan fingerprint density at radius 2 is 1.80 bits per heavy atom. The van der Waals surface area contributed by atoms with Gasteiger partial charge in [0.2, 0.25) is 0 Å². The maximum atomic E-state index is 13.0. The Labute approximate surface area is 159 Å². The molecule has 1 aromatic rings. The van der Waals surface area contributed by atoms with Gasteiger partial charge < -0.3 is 10.1 Å². The van der Waals surface area contributed by atoms with Crippen molar-refractivity contribution in [3.05, 3.63) is 29.3 Å². The van der Waals surface area contributed by atoms with Crippen LogP contribution in [0.4, 0.5) is 13.2 Å². The van der Waals surface area contributed by atoms with Crippen LogP contribution in [0.2, 0.25) is 0 Å². The van der Waals surface area contributed by atoms with E-state index in [1.165, 1.54) is 19.6 Å². The molecule has 3 nitrogen and oxygen atoms in total. The fourth-order valence-corrected chi connectivity index (χ4v) is 3.60. The molecule has 1 aromatic carbocycles. The first-order chi connectivity index (χ1) is 11.0. The average Bonchev–Trinajstić information content (AvgIpc) is 2.50. The third-order valence-electron chi connectivity index (χ3n) is 5.02. The van der Waals surface area contributed by atoms with E-state index in [-0.39, 0.29) is 30.9 Å². The topological polar surface area (TPSA) is 24.5 Å². The van der Waals surface area contributed by atoms with Crippen LogP contribution in [-0.4, -0.2) is 38.2 Å². The molecule has 0 bridgehead atoms. The summed E-state index contributed by atoms with van der Waals surface area (Å²) >= 11 is 0. The van der Waals surface area contributed by atoms with Gasteiger partial charge in [-0.1, -0.05) is 12.5 Å². The number of alkyl halides is 3. The Bertz CT molecular complexity index is 547. The lowest BCUT2D eigenvalue weighted by molar-refractivity contribution is -0.137. The van der Waals surface area contributed by atoms with Crippen LogP contribution >= 0.6 is 24.8 Å². The van der Waals surface area contributed by atoms with E-state index < -0.39 is 11.7 Å². The lowest BCUT2D eigenvalue weighted by Gasteiger charge is -2.43. The van der Waals surface area contributed by atoms with E-state index in [0.717, 1.165) is 50.7 Å². The molecule has 0 radical (unpaired) electrons. The van der Waals surface area contributed by atoms with Crippen molar-refractivity contribution < 1.29 is 17.9 Å². The fraction of sp³-hybridized carbons (Fsp3) is 0.647. The molecule has 2 aliphatic rings. The Kier molecular flexibility index (Phi) is 8.32. The highest BCUT2D eigenvalue weighted by Gasteiger charge is 2.37. The van der Waals surface area contributed by atoms with Gasteiger partial charge in [0.25, 0.3) is 0 Å². The Morgan fingerprint density at radius 3 is 2.28 bits per heavy atom. The average molecular weight is 401 g/mol. The summed E-state index contributed by atoms with van der Waals surface area (Å²) in [6, 6.07) is 4.10. The smallest absolute Gasteiger partial charge is 0.416 e. The predicted octanol–water partition coefficient (Wildman–Crippen LogP) is 4.30. The molecule has 1 aliphatic heterocycles. The molecular weight excluding hydrogens is 376 g/mol. The van der Waals surface area contributed by atoms with Gasteiger partial charge in [0.15, 0.2) is 0 Å². The van der Waals surface area contributed by atoms with Gasteiger partial charge in [-0.3, -0.25) is 4.90 Å². The summed E-state index contributed by atoms with van der Waals surface area (Å²) in [6.07, 6.45) is -0.861. The predicted molar refractivity (Wildman–Crippen MR) is 97.0 cm³/mol. The summed E-state index contributed by atoms with van der Waals surface area (Å²) in [5.41, 5.74) is 0.248. The van der Waals surface area contributed by atoms with Gasteiger partial charge in [0.1, 0.15) is 5.75 Å². The van der Waals surface area contributed by atoms with Crippen LogP contribution in [-0.2, 0) is 6.18 Å². The Hall–Kier alpha value is -0.690. The molecule has 25 heavy (non-hydrogen) atoms. The van der Waals surface area contributed by atoms with Crippen LogP contribution in [0.3, 0.4) is 0 Å². The zero-order chi connectivity index (χ0) is 16.4. The number of nitrogens with zero attached hydrogens (tertiary/aromatic N) is 1. The minimum atomic E-state index is -4.34. The maximum Gasteiger partial charge on any atom is 0.416 e. The molecule has 0 unspecified atom stereocenters. The van der Waals surface area contributed by atoms with Crippen molar-refractivity contribution in [3.8, 4) is 5.75 Å². The molecule has 0 spiro atoms. The Balaban J connectivity index is 0.00000156. The van der Waals surface area contributed by atoms with Gasteiger partial charge in [-0.2, -0.15) is 13.2 Å². The largest absolute Gasteiger partial charge is 0.496 e. The van der Waals surface area contributed by atoms with Crippen molar-refractivity contribution in [2.24, 2.45) is 5.92 Å². The number of hydrogen-bond acceptors (Lipinski definition) is 3. The zero-order valence-electron chi connectivity index (χ0n) is 14.1. The van der Waals surface area contributed by atoms with Gasteiger partial charge in [-0.05, 0) is 30.9 Å². The number of methoxy groups -OCH3 is 1. The molecule has 1 saturated carbocycles. The first-order valence-corrected chi connectivity index (χ1v) is 8.20.